The lowest BCUT2D eigenvalue weighted by atomic mass is 10.1. The lowest BCUT2D eigenvalue weighted by molar-refractivity contribution is -0.132. The van der Waals surface area contributed by atoms with Crippen molar-refractivity contribution in [2.75, 3.05) is 6.54 Å². The molecular formula is C20H23N7O2. The van der Waals surface area contributed by atoms with E-state index < -0.39 is 0 Å². The summed E-state index contributed by atoms with van der Waals surface area (Å²) in [5, 5.41) is 10.1. The molecule has 2 aromatic heterocycles. The Kier molecular flexibility index (Phi) is 5.37. The molecule has 1 aliphatic rings. The smallest absolute Gasteiger partial charge is 0.251 e. The minimum Gasteiger partial charge on any atom is -0.347 e. The Labute approximate surface area is 168 Å². The molecule has 0 radical (unpaired) electrons. The quantitative estimate of drug-likeness (QED) is 0.659. The third-order valence-electron chi connectivity index (χ3n) is 5.05. The van der Waals surface area contributed by atoms with Gasteiger partial charge in [0.25, 0.3) is 5.91 Å². The highest BCUT2D eigenvalue weighted by Crippen LogP contribution is 2.31. The molecule has 1 saturated heterocycles. The maximum absolute atomic E-state index is 12.9. The first-order chi connectivity index (χ1) is 14.1. The van der Waals surface area contributed by atoms with Gasteiger partial charge in [0.1, 0.15) is 5.82 Å². The molecule has 0 saturated carbocycles. The number of nitrogens with one attached hydrogen (secondary N) is 2. The minimum atomic E-state index is -0.267. The van der Waals surface area contributed by atoms with Gasteiger partial charge in [-0.2, -0.15) is 5.10 Å². The summed E-state index contributed by atoms with van der Waals surface area (Å²) in [6, 6.07) is 8.64. The lowest BCUT2D eigenvalue weighted by Gasteiger charge is -2.22. The summed E-state index contributed by atoms with van der Waals surface area (Å²) in [6.45, 7) is 2.81. The first-order valence-electron chi connectivity index (χ1n) is 9.60. The van der Waals surface area contributed by atoms with Gasteiger partial charge in [0.2, 0.25) is 5.91 Å². The van der Waals surface area contributed by atoms with Crippen LogP contribution in [0, 0.1) is 6.92 Å². The van der Waals surface area contributed by atoms with Crippen LogP contribution in [0.15, 0.2) is 49.1 Å². The van der Waals surface area contributed by atoms with Crippen molar-refractivity contribution in [3.8, 4) is 0 Å². The van der Waals surface area contributed by atoms with E-state index in [1.165, 1.54) is 0 Å². The topological polar surface area (TPSA) is 109 Å². The number of likely N-dealkylation sites (tertiary alicyclic amines) is 1. The Morgan fingerprint density at radius 3 is 2.79 bits per heavy atom. The Hall–Kier alpha value is -3.49. The van der Waals surface area contributed by atoms with Crippen molar-refractivity contribution in [2.45, 2.75) is 38.4 Å². The highest BCUT2D eigenvalue weighted by Gasteiger charge is 2.38. The molecule has 9 heteroatoms. The van der Waals surface area contributed by atoms with Crippen molar-refractivity contribution in [1.82, 2.24) is 34.9 Å². The molecule has 1 fully saturated rings. The largest absolute Gasteiger partial charge is 0.347 e. The second kappa shape index (κ2) is 8.26. The van der Waals surface area contributed by atoms with E-state index in [0.29, 0.717) is 43.1 Å². The third-order valence-corrected chi connectivity index (χ3v) is 5.05. The van der Waals surface area contributed by atoms with Crippen LogP contribution < -0.4 is 5.32 Å². The monoisotopic (exact) mass is 393 g/mol. The van der Waals surface area contributed by atoms with Crippen molar-refractivity contribution in [2.24, 2.45) is 0 Å². The number of H-pyrrole nitrogens is 1. The van der Waals surface area contributed by atoms with Crippen molar-refractivity contribution in [1.29, 1.82) is 0 Å². The molecule has 2 atom stereocenters. The van der Waals surface area contributed by atoms with Crippen molar-refractivity contribution in [3.05, 3.63) is 66.3 Å². The highest BCUT2D eigenvalue weighted by atomic mass is 16.2. The van der Waals surface area contributed by atoms with Crippen LogP contribution in [0.1, 0.15) is 40.9 Å². The fraction of sp³-hybridized carbons (Fsp3) is 0.350. The van der Waals surface area contributed by atoms with E-state index in [2.05, 4.69) is 25.5 Å². The number of amides is 2. The van der Waals surface area contributed by atoms with Gasteiger partial charge in [0.05, 0.1) is 12.4 Å². The molecule has 0 aliphatic carbocycles. The van der Waals surface area contributed by atoms with Gasteiger partial charge in [0.15, 0.2) is 5.82 Å². The number of aromatic amines is 1. The predicted octanol–water partition coefficient (Wildman–Crippen LogP) is 1.47. The molecule has 150 valence electrons. The summed E-state index contributed by atoms with van der Waals surface area (Å²) in [6.07, 6.45) is 6.13. The fourth-order valence-electron chi connectivity index (χ4n) is 3.62. The zero-order chi connectivity index (χ0) is 20.2. The Morgan fingerprint density at radius 1 is 1.28 bits per heavy atom. The molecule has 29 heavy (non-hydrogen) atoms. The van der Waals surface area contributed by atoms with E-state index >= 15 is 0 Å². The Balaban J connectivity index is 1.46. The highest BCUT2D eigenvalue weighted by molar-refractivity contribution is 5.94. The van der Waals surface area contributed by atoms with Crippen LogP contribution in [0.3, 0.4) is 0 Å². The SMILES string of the molecule is Cc1nc([C@@H]2C[C@H](NC(=O)c3ccccc3)CN2C(=O)CCn2ccnc2)n[nH]1. The molecule has 3 heterocycles. The third kappa shape index (κ3) is 4.34. The van der Waals surface area contributed by atoms with Crippen LogP contribution >= 0.6 is 0 Å². The van der Waals surface area contributed by atoms with Gasteiger partial charge in [-0.15, -0.1) is 0 Å². The number of aromatic nitrogens is 5. The van der Waals surface area contributed by atoms with Crippen LogP contribution in [0.25, 0.3) is 0 Å². The first kappa shape index (κ1) is 18.9. The molecule has 0 bridgehead atoms. The maximum Gasteiger partial charge on any atom is 0.251 e. The van der Waals surface area contributed by atoms with E-state index in [-0.39, 0.29) is 23.9 Å². The van der Waals surface area contributed by atoms with Crippen molar-refractivity contribution in [3.63, 3.8) is 0 Å². The molecule has 4 rings (SSSR count). The maximum atomic E-state index is 12.9. The number of carbonyl (C=O) groups is 2. The summed E-state index contributed by atoms with van der Waals surface area (Å²) in [5.74, 6) is 1.13. The molecule has 1 aromatic carbocycles. The van der Waals surface area contributed by atoms with E-state index in [1.807, 2.05) is 35.9 Å². The van der Waals surface area contributed by atoms with Gasteiger partial charge in [-0.25, -0.2) is 9.97 Å². The molecule has 2 amide bonds. The number of hydrogen-bond acceptors (Lipinski definition) is 5. The van der Waals surface area contributed by atoms with Gasteiger partial charge in [-0.05, 0) is 25.5 Å². The summed E-state index contributed by atoms with van der Waals surface area (Å²) >= 11 is 0. The number of benzene rings is 1. The summed E-state index contributed by atoms with van der Waals surface area (Å²) in [4.78, 5) is 35.7. The number of nitrogens with zero attached hydrogens (tertiary/aromatic N) is 5. The predicted molar refractivity (Wildman–Crippen MR) is 105 cm³/mol. The molecule has 0 unspecified atom stereocenters. The van der Waals surface area contributed by atoms with E-state index in [4.69, 9.17) is 0 Å². The molecule has 9 nitrogen and oxygen atoms in total. The average Bonchev–Trinajstić information content (AvgIpc) is 3.47. The number of imidazole rings is 1. The van der Waals surface area contributed by atoms with E-state index in [1.54, 1.807) is 29.6 Å². The second-order valence-corrected chi connectivity index (χ2v) is 7.16. The van der Waals surface area contributed by atoms with Crippen LogP contribution in [0.5, 0.6) is 0 Å². The van der Waals surface area contributed by atoms with Gasteiger partial charge in [0, 0.05) is 43.5 Å². The zero-order valence-corrected chi connectivity index (χ0v) is 16.2. The minimum absolute atomic E-state index is 0.00242. The molecule has 0 spiro atoms. The van der Waals surface area contributed by atoms with Crippen LogP contribution in [-0.2, 0) is 11.3 Å². The molecule has 3 aromatic rings. The first-order valence-corrected chi connectivity index (χ1v) is 9.60. The standard InChI is InChI=1S/C20H23N7O2/c1-14-22-19(25-24-14)17-11-16(23-20(29)15-5-3-2-4-6-15)12-27(17)18(28)7-9-26-10-8-21-13-26/h2-6,8,10,13,16-17H,7,9,11-12H2,1H3,(H,23,29)(H,22,24,25)/t16-,17-/m0/s1. The Bertz CT molecular complexity index is 968. The lowest BCUT2D eigenvalue weighted by Crippen LogP contribution is -2.38. The number of aryl methyl sites for hydroxylation is 2. The number of rotatable bonds is 6. The van der Waals surface area contributed by atoms with Crippen LogP contribution in [0.2, 0.25) is 0 Å². The molecule has 1 aliphatic heterocycles. The number of carbonyl (C=O) groups excluding carboxylic acids is 2. The van der Waals surface area contributed by atoms with Gasteiger partial charge >= 0.3 is 0 Å². The zero-order valence-electron chi connectivity index (χ0n) is 16.2. The number of hydrogen-bond donors (Lipinski definition) is 2. The van der Waals surface area contributed by atoms with Crippen LogP contribution in [-0.4, -0.2) is 54.0 Å². The van der Waals surface area contributed by atoms with Gasteiger partial charge < -0.3 is 14.8 Å². The molecule has 2 N–H and O–H groups in total. The normalized spacial score (nSPS) is 18.7. The summed E-state index contributed by atoms with van der Waals surface area (Å²) in [7, 11) is 0. The van der Waals surface area contributed by atoms with Crippen molar-refractivity contribution < 1.29 is 9.59 Å². The average molecular weight is 393 g/mol. The van der Waals surface area contributed by atoms with E-state index in [0.717, 1.165) is 0 Å². The molecular weight excluding hydrogens is 370 g/mol. The summed E-state index contributed by atoms with van der Waals surface area (Å²) in [5.41, 5.74) is 0.600. The fourth-order valence-corrected chi connectivity index (χ4v) is 3.62. The Morgan fingerprint density at radius 2 is 2.10 bits per heavy atom. The van der Waals surface area contributed by atoms with Gasteiger partial charge in [-0.1, -0.05) is 18.2 Å². The summed E-state index contributed by atoms with van der Waals surface area (Å²) < 4.78 is 1.87. The van der Waals surface area contributed by atoms with Crippen LogP contribution in [0.4, 0.5) is 0 Å². The van der Waals surface area contributed by atoms with Crippen molar-refractivity contribution >= 4 is 11.8 Å². The van der Waals surface area contributed by atoms with E-state index in [9.17, 15) is 9.59 Å². The van der Waals surface area contributed by atoms with Gasteiger partial charge in [-0.3, -0.25) is 14.7 Å². The second-order valence-electron chi connectivity index (χ2n) is 7.16.